The molecule has 0 fully saturated rings. The molecule has 6 nitrogen and oxygen atoms in total. The molecule has 0 heterocycles. The molecule has 0 saturated carbocycles. The topological polar surface area (TPSA) is 98.7 Å². The van der Waals surface area contributed by atoms with Crippen molar-refractivity contribution in [2.75, 3.05) is 0 Å². The molecule has 0 rings (SSSR count). The van der Waals surface area contributed by atoms with Gasteiger partial charge in [0.2, 0.25) is 0 Å². The second-order valence-corrected chi connectivity index (χ2v) is 1.82. The summed E-state index contributed by atoms with van der Waals surface area (Å²) < 4.78 is 0. The minimum absolute atomic E-state index is 0.543. The maximum absolute atomic E-state index is 10.3. The molecule has 0 aromatic carbocycles. The van der Waals surface area contributed by atoms with Gasteiger partial charge in [0.25, 0.3) is 11.8 Å². The van der Waals surface area contributed by atoms with Crippen LogP contribution in [0.15, 0.2) is 11.1 Å². The Morgan fingerprint density at radius 2 is 1.82 bits per heavy atom. The molecule has 62 valence electrons. The standard InChI is InChI=1S/C4H5ClN2O4/c5-2(4(9)7-11)1-3(8)6-10/h1,10-11H,(H,6,8)(H,7,9)/b2-1-. The van der Waals surface area contributed by atoms with Crippen molar-refractivity contribution in [3.63, 3.8) is 0 Å². The summed E-state index contributed by atoms with van der Waals surface area (Å²) in [5.74, 6) is -1.99. The Morgan fingerprint density at radius 1 is 1.27 bits per heavy atom. The molecule has 0 radical (unpaired) electrons. The Bertz CT molecular complexity index is 202. The predicted octanol–water partition coefficient (Wildman–Crippen LogP) is -0.880. The lowest BCUT2D eigenvalue weighted by molar-refractivity contribution is -0.126. The van der Waals surface area contributed by atoms with E-state index in [1.807, 2.05) is 0 Å². The summed E-state index contributed by atoms with van der Waals surface area (Å²) in [5, 5.41) is 15.4. The van der Waals surface area contributed by atoms with Crippen LogP contribution in [0, 0.1) is 0 Å². The average molecular weight is 181 g/mol. The number of hydrogen-bond donors (Lipinski definition) is 4. The molecule has 11 heavy (non-hydrogen) atoms. The molecule has 0 aromatic rings. The van der Waals surface area contributed by atoms with Crippen LogP contribution in [-0.4, -0.2) is 22.2 Å². The van der Waals surface area contributed by atoms with E-state index in [0.29, 0.717) is 6.08 Å². The monoisotopic (exact) mass is 180 g/mol. The van der Waals surface area contributed by atoms with Crippen LogP contribution in [0.3, 0.4) is 0 Å². The number of carbonyl (C=O) groups excluding carboxylic acids is 2. The number of nitrogens with one attached hydrogen (secondary N) is 2. The third-order valence-electron chi connectivity index (χ3n) is 0.686. The minimum Gasteiger partial charge on any atom is -0.288 e. The maximum atomic E-state index is 10.3. The highest BCUT2D eigenvalue weighted by Crippen LogP contribution is 1.99. The molecular formula is C4H5ClN2O4. The Hall–Kier alpha value is -1.11. The molecule has 0 aromatic heterocycles. The number of carbonyl (C=O) groups is 2. The number of hydroxylamine groups is 2. The van der Waals surface area contributed by atoms with E-state index in [1.54, 1.807) is 0 Å². The number of rotatable bonds is 2. The summed E-state index contributed by atoms with van der Waals surface area (Å²) in [6.45, 7) is 0. The molecule has 7 heteroatoms. The van der Waals surface area contributed by atoms with Crippen LogP contribution in [0.25, 0.3) is 0 Å². The highest BCUT2D eigenvalue weighted by molar-refractivity contribution is 6.43. The van der Waals surface area contributed by atoms with Crippen LogP contribution in [-0.2, 0) is 9.59 Å². The third kappa shape index (κ3) is 3.56. The van der Waals surface area contributed by atoms with E-state index in [-0.39, 0.29) is 0 Å². The van der Waals surface area contributed by atoms with Crippen molar-refractivity contribution in [1.29, 1.82) is 0 Å². The summed E-state index contributed by atoms with van der Waals surface area (Å²) in [7, 11) is 0. The lowest BCUT2D eigenvalue weighted by Gasteiger charge is -1.94. The molecular weight excluding hydrogens is 176 g/mol. The Morgan fingerprint density at radius 3 is 2.18 bits per heavy atom. The third-order valence-corrected chi connectivity index (χ3v) is 0.967. The van der Waals surface area contributed by atoms with Gasteiger partial charge in [0.1, 0.15) is 5.03 Å². The largest absolute Gasteiger partial charge is 0.288 e. The normalized spacial score (nSPS) is 10.6. The van der Waals surface area contributed by atoms with Crippen molar-refractivity contribution in [3.8, 4) is 0 Å². The molecule has 0 aliphatic carbocycles. The van der Waals surface area contributed by atoms with Crippen molar-refractivity contribution < 1.29 is 20.0 Å². The van der Waals surface area contributed by atoms with Gasteiger partial charge in [-0.15, -0.1) is 0 Å². The van der Waals surface area contributed by atoms with Crippen LogP contribution in [0.4, 0.5) is 0 Å². The van der Waals surface area contributed by atoms with E-state index in [1.165, 1.54) is 11.0 Å². The SMILES string of the molecule is O=C(/C=C(\Cl)C(=O)NO)NO. The zero-order chi connectivity index (χ0) is 8.85. The lowest BCUT2D eigenvalue weighted by atomic mass is 10.4. The average Bonchev–Trinajstić information content (AvgIpc) is 2.02. The first-order valence-electron chi connectivity index (χ1n) is 2.37. The Kier molecular flexibility index (Phi) is 4.20. The van der Waals surface area contributed by atoms with Gasteiger partial charge >= 0.3 is 0 Å². The molecule has 0 spiro atoms. The second kappa shape index (κ2) is 4.67. The predicted molar refractivity (Wildman–Crippen MR) is 33.8 cm³/mol. The fraction of sp³-hybridized carbons (Fsp3) is 0. The first-order chi connectivity index (χ1) is 5.11. The molecule has 0 aliphatic heterocycles. The van der Waals surface area contributed by atoms with Gasteiger partial charge in [-0.2, -0.15) is 0 Å². The molecule has 2 amide bonds. The van der Waals surface area contributed by atoms with Crippen LogP contribution in [0.1, 0.15) is 0 Å². The van der Waals surface area contributed by atoms with E-state index < -0.39 is 16.8 Å². The Labute approximate surface area is 66.4 Å². The van der Waals surface area contributed by atoms with Gasteiger partial charge in [-0.05, 0) is 0 Å². The van der Waals surface area contributed by atoms with Crippen molar-refractivity contribution in [2.45, 2.75) is 0 Å². The highest BCUT2D eigenvalue weighted by Gasteiger charge is 2.06. The summed E-state index contributed by atoms with van der Waals surface area (Å²) in [6.07, 6.45) is 0.604. The molecule has 0 atom stereocenters. The lowest BCUT2D eigenvalue weighted by Crippen LogP contribution is -2.21. The first-order valence-corrected chi connectivity index (χ1v) is 2.75. The highest BCUT2D eigenvalue weighted by atomic mass is 35.5. The van der Waals surface area contributed by atoms with Crippen LogP contribution < -0.4 is 11.0 Å². The van der Waals surface area contributed by atoms with Crippen LogP contribution in [0.5, 0.6) is 0 Å². The van der Waals surface area contributed by atoms with Gasteiger partial charge in [-0.25, -0.2) is 11.0 Å². The fourth-order valence-corrected chi connectivity index (χ4v) is 0.408. The van der Waals surface area contributed by atoms with Crippen molar-refractivity contribution in [2.24, 2.45) is 0 Å². The summed E-state index contributed by atoms with van der Waals surface area (Å²) in [5.41, 5.74) is 2.41. The minimum atomic E-state index is -1.03. The Balaban J connectivity index is 4.21. The summed E-state index contributed by atoms with van der Waals surface area (Å²) >= 11 is 5.12. The van der Waals surface area contributed by atoms with Crippen molar-refractivity contribution in [1.82, 2.24) is 11.0 Å². The van der Waals surface area contributed by atoms with E-state index in [4.69, 9.17) is 22.0 Å². The summed E-state index contributed by atoms with van der Waals surface area (Å²) in [4.78, 5) is 20.6. The van der Waals surface area contributed by atoms with Gasteiger partial charge in [-0.1, -0.05) is 11.6 Å². The van der Waals surface area contributed by atoms with E-state index in [9.17, 15) is 9.59 Å². The molecule has 0 bridgehead atoms. The van der Waals surface area contributed by atoms with Crippen LogP contribution in [0.2, 0.25) is 0 Å². The van der Waals surface area contributed by atoms with E-state index in [0.717, 1.165) is 0 Å². The van der Waals surface area contributed by atoms with Gasteiger partial charge < -0.3 is 0 Å². The van der Waals surface area contributed by atoms with Gasteiger partial charge in [-0.3, -0.25) is 20.0 Å². The van der Waals surface area contributed by atoms with Crippen molar-refractivity contribution >= 4 is 23.4 Å². The zero-order valence-corrected chi connectivity index (χ0v) is 5.92. The first kappa shape index (κ1) is 9.89. The number of hydrogen-bond acceptors (Lipinski definition) is 4. The molecule has 4 N–H and O–H groups in total. The van der Waals surface area contributed by atoms with Crippen molar-refractivity contribution in [3.05, 3.63) is 11.1 Å². The van der Waals surface area contributed by atoms with E-state index in [2.05, 4.69) is 0 Å². The molecule has 0 aliphatic rings. The maximum Gasteiger partial charge on any atom is 0.286 e. The van der Waals surface area contributed by atoms with Crippen LogP contribution >= 0.6 is 11.6 Å². The van der Waals surface area contributed by atoms with Gasteiger partial charge in [0.15, 0.2) is 0 Å². The quantitative estimate of drug-likeness (QED) is 0.252. The summed E-state index contributed by atoms with van der Waals surface area (Å²) in [6, 6.07) is 0. The van der Waals surface area contributed by atoms with Gasteiger partial charge in [0, 0.05) is 6.08 Å². The van der Waals surface area contributed by atoms with E-state index >= 15 is 0 Å². The zero-order valence-electron chi connectivity index (χ0n) is 5.17. The fourth-order valence-electron chi connectivity index (χ4n) is 0.266. The second-order valence-electron chi connectivity index (χ2n) is 1.41. The number of amides is 2. The molecule has 0 unspecified atom stereocenters. The smallest absolute Gasteiger partial charge is 0.286 e. The number of halogens is 1. The van der Waals surface area contributed by atoms with Gasteiger partial charge in [0.05, 0.1) is 0 Å². The molecule has 0 saturated heterocycles.